The number of aromatic nitrogens is 2. The van der Waals surface area contributed by atoms with Crippen LogP contribution in [-0.4, -0.2) is 40.4 Å². The van der Waals surface area contributed by atoms with Crippen LogP contribution in [0.2, 0.25) is 0 Å². The molecule has 6 nitrogen and oxygen atoms in total. The van der Waals surface area contributed by atoms with Crippen LogP contribution in [0.25, 0.3) is 0 Å². The molecule has 0 spiro atoms. The van der Waals surface area contributed by atoms with E-state index in [9.17, 15) is 10.1 Å². The number of hydrogen-bond acceptors (Lipinski definition) is 5. The van der Waals surface area contributed by atoms with Gasteiger partial charge in [-0.1, -0.05) is 18.2 Å². The van der Waals surface area contributed by atoms with E-state index in [0.717, 1.165) is 38.2 Å². The van der Waals surface area contributed by atoms with E-state index in [0.29, 0.717) is 23.9 Å². The molecule has 1 aromatic carbocycles. The van der Waals surface area contributed by atoms with Crippen molar-refractivity contribution in [2.45, 2.75) is 25.2 Å². The van der Waals surface area contributed by atoms with Crippen LogP contribution in [0.3, 0.4) is 0 Å². The van der Waals surface area contributed by atoms with Crippen molar-refractivity contribution in [3.8, 4) is 6.07 Å². The minimum absolute atomic E-state index is 0.267. The molecule has 6 heteroatoms. The zero-order valence-electron chi connectivity index (χ0n) is 13.9. The number of likely N-dealkylation sites (tertiary alicyclic amines) is 1. The van der Waals surface area contributed by atoms with Crippen LogP contribution in [0.1, 0.15) is 36.4 Å². The quantitative estimate of drug-likeness (QED) is 0.860. The second kappa shape index (κ2) is 6.52. The fraction of sp³-hybridized carbons (Fsp3) is 0.368. The summed E-state index contributed by atoms with van der Waals surface area (Å²) in [6.45, 7) is 2.42. The van der Waals surface area contributed by atoms with Gasteiger partial charge in [0.15, 0.2) is 11.5 Å². The predicted octanol–water partition coefficient (Wildman–Crippen LogP) is 2.60. The Morgan fingerprint density at radius 1 is 1.24 bits per heavy atom. The normalized spacial score (nSPS) is 19.2. The van der Waals surface area contributed by atoms with Gasteiger partial charge in [-0.2, -0.15) is 5.26 Å². The highest BCUT2D eigenvalue weighted by Crippen LogP contribution is 2.42. The molecular formula is C19H19N5O. The smallest absolute Gasteiger partial charge is 0.222 e. The van der Waals surface area contributed by atoms with Crippen molar-refractivity contribution in [1.29, 1.82) is 5.26 Å². The fourth-order valence-corrected chi connectivity index (χ4v) is 3.80. The number of rotatable bonds is 4. The SMILES string of the molecule is N#Cc1nccnc1N1C[C@H](CCN2CCCC2=O)c2ccccc21. The molecule has 0 aliphatic carbocycles. The maximum Gasteiger partial charge on any atom is 0.222 e. The first-order valence-corrected chi connectivity index (χ1v) is 8.63. The van der Waals surface area contributed by atoms with Crippen molar-refractivity contribution in [3.05, 3.63) is 47.9 Å². The molecule has 0 N–H and O–H groups in total. The molecule has 1 atom stereocenters. The summed E-state index contributed by atoms with van der Waals surface area (Å²) in [5.74, 6) is 1.19. The van der Waals surface area contributed by atoms with Crippen molar-refractivity contribution in [3.63, 3.8) is 0 Å². The van der Waals surface area contributed by atoms with Gasteiger partial charge in [0.1, 0.15) is 6.07 Å². The lowest BCUT2D eigenvalue weighted by Crippen LogP contribution is -2.27. The molecule has 2 aliphatic heterocycles. The standard InChI is InChI=1S/C19H19N5O/c20-12-16-19(22-9-8-21-16)24-13-14(15-4-1-2-5-17(15)24)7-11-23-10-3-6-18(23)25/h1-2,4-5,8-9,14H,3,6-7,10-11,13H2/t14-/m0/s1. The Labute approximate surface area is 146 Å². The highest BCUT2D eigenvalue weighted by Gasteiger charge is 2.32. The maximum absolute atomic E-state index is 11.9. The van der Waals surface area contributed by atoms with E-state index >= 15 is 0 Å². The molecular weight excluding hydrogens is 314 g/mol. The van der Waals surface area contributed by atoms with E-state index in [-0.39, 0.29) is 5.91 Å². The van der Waals surface area contributed by atoms with Crippen LogP contribution in [-0.2, 0) is 4.79 Å². The van der Waals surface area contributed by atoms with Crippen molar-refractivity contribution >= 4 is 17.4 Å². The minimum atomic E-state index is 0.267. The summed E-state index contributed by atoms with van der Waals surface area (Å²) in [4.78, 5) is 24.4. The Balaban J connectivity index is 1.59. The third-order valence-electron chi connectivity index (χ3n) is 5.03. The molecule has 2 aromatic rings. The van der Waals surface area contributed by atoms with Gasteiger partial charge in [-0.25, -0.2) is 9.97 Å². The summed E-state index contributed by atoms with van der Waals surface area (Å²) < 4.78 is 0. The highest BCUT2D eigenvalue weighted by atomic mass is 16.2. The van der Waals surface area contributed by atoms with Gasteiger partial charge in [-0.3, -0.25) is 4.79 Å². The molecule has 3 heterocycles. The van der Waals surface area contributed by atoms with Gasteiger partial charge in [-0.15, -0.1) is 0 Å². The number of nitrogens with zero attached hydrogens (tertiary/aromatic N) is 5. The topological polar surface area (TPSA) is 73.1 Å². The van der Waals surface area contributed by atoms with Crippen molar-refractivity contribution in [1.82, 2.24) is 14.9 Å². The van der Waals surface area contributed by atoms with Gasteiger partial charge in [-0.05, 0) is 24.5 Å². The molecule has 0 bridgehead atoms. The summed E-state index contributed by atoms with van der Waals surface area (Å²) in [7, 11) is 0. The average molecular weight is 333 g/mol. The second-order valence-electron chi connectivity index (χ2n) is 6.48. The zero-order valence-corrected chi connectivity index (χ0v) is 13.9. The second-order valence-corrected chi connectivity index (χ2v) is 6.48. The molecule has 2 aliphatic rings. The molecule has 1 aromatic heterocycles. The molecule has 0 unspecified atom stereocenters. The van der Waals surface area contributed by atoms with Crippen LogP contribution in [0.15, 0.2) is 36.7 Å². The van der Waals surface area contributed by atoms with Crippen molar-refractivity contribution < 1.29 is 4.79 Å². The minimum Gasteiger partial charge on any atom is -0.343 e. The monoisotopic (exact) mass is 333 g/mol. The lowest BCUT2D eigenvalue weighted by atomic mass is 9.98. The van der Waals surface area contributed by atoms with Crippen LogP contribution < -0.4 is 4.90 Å². The Hall–Kier alpha value is -2.94. The van der Waals surface area contributed by atoms with Gasteiger partial charge in [0, 0.05) is 50.1 Å². The Morgan fingerprint density at radius 2 is 2.08 bits per heavy atom. The number of nitriles is 1. The Bertz CT molecular complexity index is 844. The molecule has 0 radical (unpaired) electrons. The zero-order chi connectivity index (χ0) is 17.2. The molecule has 1 saturated heterocycles. The van der Waals surface area contributed by atoms with Gasteiger partial charge in [0.05, 0.1) is 0 Å². The number of carbonyl (C=O) groups excluding carboxylic acids is 1. The molecule has 1 fully saturated rings. The number of carbonyl (C=O) groups is 1. The summed E-state index contributed by atoms with van der Waals surface area (Å²) >= 11 is 0. The maximum atomic E-state index is 11.9. The van der Waals surface area contributed by atoms with Crippen LogP contribution >= 0.6 is 0 Å². The lowest BCUT2D eigenvalue weighted by Gasteiger charge is -2.20. The van der Waals surface area contributed by atoms with Gasteiger partial charge in [0.2, 0.25) is 5.91 Å². The molecule has 1 amide bonds. The number of amides is 1. The van der Waals surface area contributed by atoms with E-state index in [4.69, 9.17) is 0 Å². The largest absolute Gasteiger partial charge is 0.343 e. The van der Waals surface area contributed by atoms with E-state index in [1.165, 1.54) is 5.56 Å². The number of anilines is 2. The van der Waals surface area contributed by atoms with Crippen LogP contribution in [0.5, 0.6) is 0 Å². The first-order chi connectivity index (χ1) is 12.3. The van der Waals surface area contributed by atoms with Crippen molar-refractivity contribution in [2.24, 2.45) is 0 Å². The van der Waals surface area contributed by atoms with Crippen LogP contribution in [0, 0.1) is 11.3 Å². The van der Waals surface area contributed by atoms with E-state index in [1.807, 2.05) is 17.0 Å². The van der Waals surface area contributed by atoms with E-state index in [2.05, 4.69) is 33.1 Å². The number of benzene rings is 1. The average Bonchev–Trinajstić information content (AvgIpc) is 3.23. The highest BCUT2D eigenvalue weighted by molar-refractivity contribution is 5.78. The fourth-order valence-electron chi connectivity index (χ4n) is 3.80. The first kappa shape index (κ1) is 15.6. The Morgan fingerprint density at radius 3 is 2.88 bits per heavy atom. The van der Waals surface area contributed by atoms with Gasteiger partial charge >= 0.3 is 0 Å². The Kier molecular flexibility index (Phi) is 4.06. The predicted molar refractivity (Wildman–Crippen MR) is 93.4 cm³/mol. The number of para-hydroxylation sites is 1. The summed E-state index contributed by atoms with van der Waals surface area (Å²) in [6.07, 6.45) is 5.73. The first-order valence-electron chi connectivity index (χ1n) is 8.63. The molecule has 25 heavy (non-hydrogen) atoms. The van der Waals surface area contributed by atoms with Crippen molar-refractivity contribution in [2.75, 3.05) is 24.5 Å². The van der Waals surface area contributed by atoms with E-state index in [1.54, 1.807) is 12.4 Å². The molecule has 4 rings (SSSR count). The molecule has 126 valence electrons. The number of hydrogen-bond donors (Lipinski definition) is 0. The van der Waals surface area contributed by atoms with Gasteiger partial charge in [0.25, 0.3) is 0 Å². The van der Waals surface area contributed by atoms with Crippen LogP contribution in [0.4, 0.5) is 11.5 Å². The third kappa shape index (κ3) is 2.82. The summed E-state index contributed by atoms with van der Waals surface area (Å²) in [5, 5.41) is 9.35. The summed E-state index contributed by atoms with van der Waals surface area (Å²) in [5.41, 5.74) is 2.67. The number of fused-ring (bicyclic) bond motifs is 1. The van der Waals surface area contributed by atoms with Gasteiger partial charge < -0.3 is 9.80 Å². The van der Waals surface area contributed by atoms with E-state index < -0.39 is 0 Å². The summed E-state index contributed by atoms with van der Waals surface area (Å²) in [6, 6.07) is 10.4. The lowest BCUT2D eigenvalue weighted by molar-refractivity contribution is -0.127. The third-order valence-corrected chi connectivity index (χ3v) is 5.03. The molecule has 0 saturated carbocycles.